The second-order valence-electron chi connectivity index (χ2n) is 9.51. The van der Waals surface area contributed by atoms with E-state index in [4.69, 9.17) is 0 Å². The molecule has 0 spiro atoms. The van der Waals surface area contributed by atoms with Gasteiger partial charge >= 0.3 is 0 Å². The molecule has 7 heteroatoms. The molecular formula is C29H28FN5O. The minimum absolute atomic E-state index is 0.0323. The molecule has 1 saturated heterocycles. The lowest BCUT2D eigenvalue weighted by Gasteiger charge is -2.48. The molecule has 2 aromatic heterocycles. The number of pyridine rings is 2. The molecule has 0 bridgehead atoms. The van der Waals surface area contributed by atoms with Gasteiger partial charge in [-0.15, -0.1) is 0 Å². The Morgan fingerprint density at radius 3 is 2.36 bits per heavy atom. The lowest BCUT2D eigenvalue weighted by molar-refractivity contribution is 0.130. The Balaban J connectivity index is 1.55. The molecular weight excluding hydrogens is 453 g/mol. The highest BCUT2D eigenvalue weighted by Gasteiger charge is 2.36. The average molecular weight is 482 g/mol. The van der Waals surface area contributed by atoms with Crippen LogP contribution in [0.3, 0.4) is 0 Å². The minimum atomic E-state index is -0.251. The van der Waals surface area contributed by atoms with Crippen LogP contribution in [0.2, 0.25) is 0 Å². The summed E-state index contributed by atoms with van der Waals surface area (Å²) in [6.45, 7) is 5.72. The van der Waals surface area contributed by atoms with E-state index in [1.807, 2.05) is 30.3 Å². The van der Waals surface area contributed by atoms with Crippen molar-refractivity contribution in [3.63, 3.8) is 0 Å². The van der Waals surface area contributed by atoms with Crippen molar-refractivity contribution < 1.29 is 4.39 Å². The molecule has 0 aliphatic carbocycles. The normalized spacial score (nSPS) is 19.2. The number of fused-ring (bicyclic) bond motifs is 1. The van der Waals surface area contributed by atoms with Gasteiger partial charge in [-0.3, -0.25) is 9.69 Å². The van der Waals surface area contributed by atoms with E-state index in [-0.39, 0.29) is 29.5 Å². The van der Waals surface area contributed by atoms with Gasteiger partial charge in [0.25, 0.3) is 5.56 Å². The third-order valence-electron chi connectivity index (χ3n) is 7.16. The predicted molar refractivity (Wildman–Crippen MR) is 139 cm³/mol. The number of rotatable bonds is 4. The summed E-state index contributed by atoms with van der Waals surface area (Å²) in [7, 11) is 1.72. The molecule has 1 aliphatic heterocycles. The van der Waals surface area contributed by atoms with E-state index in [0.29, 0.717) is 23.3 Å². The minimum Gasteiger partial charge on any atom is -0.364 e. The molecule has 3 atom stereocenters. The average Bonchev–Trinajstić information content (AvgIpc) is 2.89. The first-order chi connectivity index (χ1) is 17.4. The first kappa shape index (κ1) is 23.7. The zero-order chi connectivity index (χ0) is 25.4. The third kappa shape index (κ3) is 4.25. The smallest absolute Gasteiger partial charge is 0.252 e. The summed E-state index contributed by atoms with van der Waals surface area (Å²) in [5.41, 5.74) is 4.50. The maximum absolute atomic E-state index is 13.7. The first-order valence-corrected chi connectivity index (χ1v) is 12.1. The van der Waals surface area contributed by atoms with Crippen molar-refractivity contribution in [3.8, 4) is 6.07 Å². The van der Waals surface area contributed by atoms with Gasteiger partial charge in [0, 0.05) is 38.3 Å². The van der Waals surface area contributed by atoms with E-state index in [2.05, 4.69) is 46.8 Å². The van der Waals surface area contributed by atoms with Crippen molar-refractivity contribution >= 4 is 16.7 Å². The Bertz CT molecular complexity index is 1490. The monoisotopic (exact) mass is 481 g/mol. The van der Waals surface area contributed by atoms with Crippen molar-refractivity contribution in [2.75, 3.05) is 18.0 Å². The third-order valence-corrected chi connectivity index (χ3v) is 7.16. The summed E-state index contributed by atoms with van der Waals surface area (Å²) in [5, 5.41) is 9.42. The molecule has 2 aromatic carbocycles. The highest BCUT2D eigenvalue weighted by molar-refractivity contribution is 5.89. The second-order valence-corrected chi connectivity index (χ2v) is 9.51. The first-order valence-electron chi connectivity index (χ1n) is 12.1. The molecule has 0 amide bonds. The van der Waals surface area contributed by atoms with Crippen molar-refractivity contribution in [2.24, 2.45) is 7.05 Å². The van der Waals surface area contributed by atoms with E-state index in [9.17, 15) is 14.4 Å². The number of hydrogen-bond acceptors (Lipinski definition) is 5. The van der Waals surface area contributed by atoms with Gasteiger partial charge < -0.3 is 9.47 Å². The largest absolute Gasteiger partial charge is 0.364 e. The van der Waals surface area contributed by atoms with Crippen LogP contribution in [0, 0.1) is 17.1 Å². The lowest BCUT2D eigenvalue weighted by Crippen LogP contribution is -2.57. The van der Waals surface area contributed by atoms with Gasteiger partial charge in [0.1, 0.15) is 23.1 Å². The van der Waals surface area contributed by atoms with E-state index >= 15 is 0 Å². The van der Waals surface area contributed by atoms with E-state index in [1.165, 1.54) is 12.1 Å². The van der Waals surface area contributed by atoms with Gasteiger partial charge in [0.05, 0.1) is 17.2 Å². The molecule has 36 heavy (non-hydrogen) atoms. The molecule has 3 heterocycles. The number of benzene rings is 2. The Kier molecular flexibility index (Phi) is 6.29. The molecule has 0 N–H and O–H groups in total. The van der Waals surface area contributed by atoms with Crippen LogP contribution in [0.1, 0.15) is 36.7 Å². The summed E-state index contributed by atoms with van der Waals surface area (Å²) in [6.07, 6.45) is 0. The van der Waals surface area contributed by atoms with E-state index in [1.54, 1.807) is 29.8 Å². The van der Waals surface area contributed by atoms with Crippen molar-refractivity contribution in [2.45, 2.75) is 32.0 Å². The van der Waals surface area contributed by atoms with Crippen molar-refractivity contribution in [1.29, 1.82) is 5.26 Å². The molecule has 1 fully saturated rings. The highest BCUT2D eigenvalue weighted by atomic mass is 19.1. The van der Waals surface area contributed by atoms with Gasteiger partial charge in [-0.25, -0.2) is 9.37 Å². The SMILES string of the molecule is C[C@H]1CN(C(c2ccccc2)c2ccc(F)cc2)[C@@H](C)CN1c1cc(=O)n(C)c2ccc(C#N)nc12. The number of aryl methyl sites for hydroxylation is 1. The van der Waals surface area contributed by atoms with Crippen LogP contribution in [0.25, 0.3) is 11.0 Å². The Morgan fingerprint density at radius 2 is 1.67 bits per heavy atom. The number of piperazine rings is 1. The second kappa shape index (κ2) is 9.56. The molecule has 5 rings (SSSR count). The van der Waals surface area contributed by atoms with E-state index in [0.717, 1.165) is 23.4 Å². The molecule has 0 saturated carbocycles. The number of halogens is 1. The van der Waals surface area contributed by atoms with Gasteiger partial charge in [0.2, 0.25) is 0 Å². The van der Waals surface area contributed by atoms with Crippen LogP contribution in [0.4, 0.5) is 10.1 Å². The van der Waals surface area contributed by atoms with Crippen LogP contribution in [-0.2, 0) is 7.05 Å². The van der Waals surface area contributed by atoms with Crippen LogP contribution < -0.4 is 10.5 Å². The number of anilines is 1. The molecule has 4 aromatic rings. The Morgan fingerprint density at radius 1 is 0.972 bits per heavy atom. The van der Waals surface area contributed by atoms with Crippen LogP contribution in [0.15, 0.2) is 77.6 Å². The Hall–Kier alpha value is -4.02. The molecule has 6 nitrogen and oxygen atoms in total. The lowest BCUT2D eigenvalue weighted by atomic mass is 9.93. The highest BCUT2D eigenvalue weighted by Crippen LogP contribution is 2.35. The Labute approximate surface area is 209 Å². The predicted octanol–water partition coefficient (Wildman–Crippen LogP) is 4.63. The standard InChI is InChI=1S/C29H28FN5O/c1-19-18-35(29(21-7-5-4-6-8-21)22-9-11-23(30)12-10-22)20(2)17-34(19)26-15-27(36)33(3)25-14-13-24(16-31)32-28(25)26/h4-15,19-20,29H,17-18H2,1-3H3/t19-,20-,29?/m0/s1. The number of nitriles is 1. The summed E-state index contributed by atoms with van der Waals surface area (Å²) >= 11 is 0. The fraction of sp³-hybridized carbons (Fsp3) is 0.276. The van der Waals surface area contributed by atoms with Crippen LogP contribution >= 0.6 is 0 Å². The topological polar surface area (TPSA) is 65.2 Å². The van der Waals surface area contributed by atoms with Crippen LogP contribution in [-0.4, -0.2) is 39.6 Å². The maximum atomic E-state index is 13.7. The fourth-order valence-corrected chi connectivity index (χ4v) is 5.30. The molecule has 1 unspecified atom stereocenters. The zero-order valence-electron chi connectivity index (χ0n) is 20.6. The van der Waals surface area contributed by atoms with Gasteiger partial charge in [-0.05, 0) is 49.2 Å². The fourth-order valence-electron chi connectivity index (χ4n) is 5.30. The van der Waals surface area contributed by atoms with Gasteiger partial charge in [-0.1, -0.05) is 42.5 Å². The van der Waals surface area contributed by atoms with Gasteiger partial charge in [0.15, 0.2) is 0 Å². The summed E-state index contributed by atoms with van der Waals surface area (Å²) in [6, 6.07) is 24.3. The number of hydrogen-bond donors (Lipinski definition) is 0. The van der Waals surface area contributed by atoms with Gasteiger partial charge in [-0.2, -0.15) is 5.26 Å². The van der Waals surface area contributed by atoms with Crippen molar-refractivity contribution in [3.05, 3.63) is 106 Å². The number of nitrogens with zero attached hydrogens (tertiary/aromatic N) is 5. The quantitative estimate of drug-likeness (QED) is 0.425. The van der Waals surface area contributed by atoms with Crippen molar-refractivity contribution in [1.82, 2.24) is 14.5 Å². The van der Waals surface area contributed by atoms with E-state index < -0.39 is 0 Å². The summed E-state index contributed by atoms with van der Waals surface area (Å²) in [4.78, 5) is 22.1. The summed E-state index contributed by atoms with van der Waals surface area (Å²) < 4.78 is 15.3. The molecule has 182 valence electrons. The molecule has 0 radical (unpaired) electrons. The number of aromatic nitrogens is 2. The van der Waals surface area contributed by atoms with Crippen LogP contribution in [0.5, 0.6) is 0 Å². The maximum Gasteiger partial charge on any atom is 0.252 e. The summed E-state index contributed by atoms with van der Waals surface area (Å²) in [5.74, 6) is -0.251. The molecule has 1 aliphatic rings. The zero-order valence-corrected chi connectivity index (χ0v) is 20.6.